The van der Waals surface area contributed by atoms with Crippen molar-refractivity contribution in [3.8, 4) is 0 Å². The molecule has 2 aromatic rings. The number of hydrogen-bond acceptors (Lipinski definition) is 3. The standard InChI is InChI=1S/C19H22N2O3S/c1-4-13-20-19(22)14-21(17-9-5-15(2)6-10-17)25(23,24)18-11-7-16(3)8-12-18/h4-12H,1,13-14H2,2-3H3,(H,20,22). The maximum atomic E-state index is 13.1. The van der Waals surface area contributed by atoms with Gasteiger partial charge in [0.25, 0.3) is 10.0 Å². The van der Waals surface area contributed by atoms with E-state index in [1.54, 1.807) is 42.5 Å². The number of anilines is 1. The predicted octanol–water partition coefficient (Wildman–Crippen LogP) is 2.80. The monoisotopic (exact) mass is 358 g/mol. The molecule has 0 aliphatic rings. The van der Waals surface area contributed by atoms with Crippen molar-refractivity contribution in [2.24, 2.45) is 0 Å². The van der Waals surface area contributed by atoms with Gasteiger partial charge in [-0.3, -0.25) is 9.10 Å². The average molecular weight is 358 g/mol. The highest BCUT2D eigenvalue weighted by Crippen LogP contribution is 2.24. The molecule has 2 aromatic carbocycles. The number of amides is 1. The second kappa shape index (κ2) is 7.98. The molecule has 0 aliphatic carbocycles. The fourth-order valence-corrected chi connectivity index (χ4v) is 3.66. The van der Waals surface area contributed by atoms with E-state index in [1.165, 1.54) is 0 Å². The van der Waals surface area contributed by atoms with E-state index in [-0.39, 0.29) is 18.0 Å². The molecule has 0 spiro atoms. The third-order valence-corrected chi connectivity index (χ3v) is 5.45. The Labute approximate surface area is 149 Å². The zero-order valence-electron chi connectivity index (χ0n) is 14.4. The first-order valence-corrected chi connectivity index (χ1v) is 9.32. The molecule has 0 bridgehead atoms. The molecule has 1 N–H and O–H groups in total. The summed E-state index contributed by atoms with van der Waals surface area (Å²) in [6.45, 7) is 7.32. The molecule has 0 heterocycles. The number of nitrogens with zero attached hydrogens (tertiary/aromatic N) is 1. The van der Waals surface area contributed by atoms with Crippen LogP contribution in [0.3, 0.4) is 0 Å². The Kier molecular flexibility index (Phi) is 5.98. The maximum Gasteiger partial charge on any atom is 0.264 e. The van der Waals surface area contributed by atoms with Crippen LogP contribution in [0.25, 0.3) is 0 Å². The predicted molar refractivity (Wildman–Crippen MR) is 100 cm³/mol. The molecular formula is C19H22N2O3S. The van der Waals surface area contributed by atoms with Gasteiger partial charge in [-0.2, -0.15) is 0 Å². The second-order valence-electron chi connectivity index (χ2n) is 5.75. The summed E-state index contributed by atoms with van der Waals surface area (Å²) in [6, 6.07) is 13.6. The Morgan fingerprint density at radius 2 is 1.56 bits per heavy atom. The van der Waals surface area contributed by atoms with Crippen LogP contribution < -0.4 is 9.62 Å². The van der Waals surface area contributed by atoms with Gasteiger partial charge in [-0.1, -0.05) is 41.5 Å². The highest BCUT2D eigenvalue weighted by molar-refractivity contribution is 7.92. The summed E-state index contributed by atoms with van der Waals surface area (Å²) < 4.78 is 27.2. The van der Waals surface area contributed by atoms with E-state index in [0.717, 1.165) is 15.4 Å². The van der Waals surface area contributed by atoms with E-state index >= 15 is 0 Å². The Morgan fingerprint density at radius 3 is 2.08 bits per heavy atom. The number of aryl methyl sites for hydroxylation is 2. The third-order valence-electron chi connectivity index (χ3n) is 3.66. The summed E-state index contributed by atoms with van der Waals surface area (Å²) in [5.41, 5.74) is 2.41. The van der Waals surface area contributed by atoms with Crippen molar-refractivity contribution in [3.63, 3.8) is 0 Å². The molecule has 0 atom stereocenters. The van der Waals surface area contributed by atoms with E-state index in [9.17, 15) is 13.2 Å². The normalized spacial score (nSPS) is 11.0. The summed E-state index contributed by atoms with van der Waals surface area (Å²) in [6.07, 6.45) is 1.54. The summed E-state index contributed by atoms with van der Waals surface area (Å²) in [4.78, 5) is 12.3. The number of nitrogens with one attached hydrogen (secondary N) is 1. The minimum absolute atomic E-state index is 0.148. The van der Waals surface area contributed by atoms with Crippen LogP contribution in [-0.4, -0.2) is 27.4 Å². The van der Waals surface area contributed by atoms with Crippen LogP contribution >= 0.6 is 0 Å². The van der Waals surface area contributed by atoms with E-state index in [2.05, 4.69) is 11.9 Å². The quantitative estimate of drug-likeness (QED) is 0.774. The molecule has 0 radical (unpaired) electrons. The van der Waals surface area contributed by atoms with E-state index in [1.807, 2.05) is 26.0 Å². The maximum absolute atomic E-state index is 13.1. The van der Waals surface area contributed by atoms with Crippen LogP contribution in [0.1, 0.15) is 11.1 Å². The molecule has 0 unspecified atom stereocenters. The Balaban J connectivity index is 2.42. The number of benzene rings is 2. The van der Waals surface area contributed by atoms with Gasteiger partial charge in [0.05, 0.1) is 10.6 Å². The van der Waals surface area contributed by atoms with Crippen LogP contribution in [0.2, 0.25) is 0 Å². The SMILES string of the molecule is C=CCNC(=O)CN(c1ccc(C)cc1)S(=O)(=O)c1ccc(C)cc1. The molecule has 5 nitrogen and oxygen atoms in total. The van der Waals surface area contributed by atoms with Gasteiger partial charge in [0, 0.05) is 6.54 Å². The molecule has 0 saturated carbocycles. The number of rotatable bonds is 7. The topological polar surface area (TPSA) is 66.5 Å². The van der Waals surface area contributed by atoms with Crippen molar-refractivity contribution in [1.82, 2.24) is 5.32 Å². The van der Waals surface area contributed by atoms with Crippen LogP contribution in [0.5, 0.6) is 0 Å². The van der Waals surface area contributed by atoms with Crippen molar-refractivity contribution in [2.75, 3.05) is 17.4 Å². The molecule has 1 amide bonds. The van der Waals surface area contributed by atoms with Crippen molar-refractivity contribution in [3.05, 3.63) is 72.3 Å². The summed E-state index contributed by atoms with van der Waals surface area (Å²) in [5.74, 6) is -0.392. The molecule has 132 valence electrons. The lowest BCUT2D eigenvalue weighted by Crippen LogP contribution is -2.40. The van der Waals surface area contributed by atoms with Crippen LogP contribution in [0, 0.1) is 13.8 Å². The molecule has 0 aliphatic heterocycles. The molecule has 6 heteroatoms. The summed E-state index contributed by atoms with van der Waals surface area (Å²) in [7, 11) is -3.86. The van der Waals surface area contributed by atoms with Crippen LogP contribution in [0.15, 0.2) is 66.1 Å². The number of carbonyl (C=O) groups excluding carboxylic acids is 1. The second-order valence-corrected chi connectivity index (χ2v) is 7.62. The van der Waals surface area contributed by atoms with Crippen molar-refractivity contribution < 1.29 is 13.2 Å². The molecule has 2 rings (SSSR count). The minimum Gasteiger partial charge on any atom is -0.351 e. The molecular weight excluding hydrogens is 336 g/mol. The average Bonchev–Trinajstić information content (AvgIpc) is 2.59. The lowest BCUT2D eigenvalue weighted by molar-refractivity contribution is -0.119. The van der Waals surface area contributed by atoms with Crippen molar-refractivity contribution in [1.29, 1.82) is 0 Å². The Morgan fingerprint density at radius 1 is 1.04 bits per heavy atom. The van der Waals surface area contributed by atoms with Gasteiger partial charge in [-0.05, 0) is 38.1 Å². The highest BCUT2D eigenvalue weighted by Gasteiger charge is 2.26. The minimum atomic E-state index is -3.86. The molecule has 0 fully saturated rings. The van der Waals surface area contributed by atoms with Gasteiger partial charge >= 0.3 is 0 Å². The number of sulfonamides is 1. The largest absolute Gasteiger partial charge is 0.351 e. The highest BCUT2D eigenvalue weighted by atomic mass is 32.2. The van der Waals surface area contributed by atoms with Gasteiger partial charge in [-0.25, -0.2) is 8.42 Å². The Bertz CT molecular complexity index is 841. The van der Waals surface area contributed by atoms with Crippen molar-refractivity contribution >= 4 is 21.6 Å². The van der Waals surface area contributed by atoms with Crippen LogP contribution in [0.4, 0.5) is 5.69 Å². The van der Waals surface area contributed by atoms with Crippen molar-refractivity contribution in [2.45, 2.75) is 18.7 Å². The molecule has 0 aromatic heterocycles. The van der Waals surface area contributed by atoms with Gasteiger partial charge in [0.2, 0.25) is 5.91 Å². The zero-order valence-corrected chi connectivity index (χ0v) is 15.2. The van der Waals surface area contributed by atoms with E-state index < -0.39 is 15.9 Å². The Hall–Kier alpha value is -2.60. The van der Waals surface area contributed by atoms with Gasteiger partial charge in [0.1, 0.15) is 6.54 Å². The lowest BCUT2D eigenvalue weighted by atomic mass is 10.2. The number of carbonyl (C=O) groups is 1. The fourth-order valence-electron chi connectivity index (χ4n) is 2.24. The first kappa shape index (κ1) is 18.7. The first-order chi connectivity index (χ1) is 11.8. The molecule has 0 saturated heterocycles. The molecule has 25 heavy (non-hydrogen) atoms. The van der Waals surface area contributed by atoms with Gasteiger partial charge < -0.3 is 5.32 Å². The smallest absolute Gasteiger partial charge is 0.264 e. The summed E-state index contributed by atoms with van der Waals surface area (Å²) in [5, 5.41) is 2.61. The number of hydrogen-bond donors (Lipinski definition) is 1. The lowest BCUT2D eigenvalue weighted by Gasteiger charge is -2.24. The van der Waals surface area contributed by atoms with Crippen LogP contribution in [-0.2, 0) is 14.8 Å². The third kappa shape index (κ3) is 4.70. The van der Waals surface area contributed by atoms with E-state index in [0.29, 0.717) is 5.69 Å². The van der Waals surface area contributed by atoms with Gasteiger partial charge in [-0.15, -0.1) is 6.58 Å². The fraction of sp³-hybridized carbons (Fsp3) is 0.211. The first-order valence-electron chi connectivity index (χ1n) is 7.88. The zero-order chi connectivity index (χ0) is 18.4. The van der Waals surface area contributed by atoms with E-state index in [4.69, 9.17) is 0 Å². The summed E-state index contributed by atoms with van der Waals surface area (Å²) >= 11 is 0. The van der Waals surface area contributed by atoms with Gasteiger partial charge in [0.15, 0.2) is 0 Å².